The maximum atomic E-state index is 5.54. The average molecular weight is 202 g/mol. The number of nitrogens with one attached hydrogen (secondary N) is 2. The second-order valence-corrected chi connectivity index (χ2v) is 2.81. The lowest BCUT2D eigenvalue weighted by Gasteiger charge is -2.02. The lowest BCUT2D eigenvalue weighted by Crippen LogP contribution is -2.05. The Bertz CT molecular complexity index is 532. The third-order valence-electron chi connectivity index (χ3n) is 1.82. The zero-order chi connectivity index (χ0) is 10.7. The molecule has 76 valence electrons. The van der Waals surface area contributed by atoms with Gasteiger partial charge < -0.3 is 16.0 Å². The van der Waals surface area contributed by atoms with Crippen LogP contribution in [0.2, 0.25) is 0 Å². The molecule has 0 saturated carbocycles. The van der Waals surface area contributed by atoms with Crippen LogP contribution >= 0.6 is 0 Å². The molecule has 0 fully saturated rings. The highest BCUT2D eigenvalue weighted by Crippen LogP contribution is 2.16. The number of nitrogens with two attached hydrogens (primary N) is 1. The lowest BCUT2D eigenvalue weighted by molar-refractivity contribution is 1.19. The van der Waals surface area contributed by atoms with Gasteiger partial charge in [-0.1, -0.05) is 5.92 Å². The van der Waals surface area contributed by atoms with E-state index in [1.807, 2.05) is 0 Å². The smallest absolute Gasteiger partial charge is 0.224 e. The first-order valence-electron chi connectivity index (χ1n) is 4.41. The Morgan fingerprint density at radius 3 is 3.20 bits per heavy atom. The third kappa shape index (κ3) is 1.81. The molecule has 6 heteroatoms. The zero-order valence-corrected chi connectivity index (χ0v) is 8.20. The van der Waals surface area contributed by atoms with E-state index in [-0.39, 0.29) is 5.95 Å². The summed E-state index contributed by atoms with van der Waals surface area (Å²) in [7, 11) is 0. The zero-order valence-electron chi connectivity index (χ0n) is 8.20. The predicted octanol–water partition coefficient (Wildman–Crippen LogP) is 0.370. The molecule has 0 aliphatic rings. The second-order valence-electron chi connectivity index (χ2n) is 2.81. The van der Waals surface area contributed by atoms with E-state index in [1.165, 1.54) is 0 Å². The molecule has 0 atom stereocenters. The third-order valence-corrected chi connectivity index (χ3v) is 1.82. The minimum absolute atomic E-state index is 0.196. The molecule has 0 aliphatic heterocycles. The summed E-state index contributed by atoms with van der Waals surface area (Å²) < 4.78 is 0. The van der Waals surface area contributed by atoms with E-state index in [4.69, 9.17) is 5.73 Å². The highest BCUT2D eigenvalue weighted by Gasteiger charge is 2.06. The first kappa shape index (κ1) is 9.27. The van der Waals surface area contributed by atoms with Crippen LogP contribution in [0.4, 0.5) is 11.8 Å². The fourth-order valence-corrected chi connectivity index (χ4v) is 1.19. The standard InChI is InChI=1S/C9H10N6/c1-2-3-4-11-7-6-8(13-5-12-6)15-9(10)14-7/h5H,4H2,1H3,(H4,10,11,12,13,14,15). The van der Waals surface area contributed by atoms with E-state index < -0.39 is 0 Å². The summed E-state index contributed by atoms with van der Waals surface area (Å²) in [5.74, 6) is 6.48. The SMILES string of the molecule is CC#CCNc1nc(N)nc2nc[nH]c12. The van der Waals surface area contributed by atoms with Crippen LogP contribution in [0.15, 0.2) is 6.33 Å². The Labute approximate surface area is 86.3 Å². The molecule has 4 N–H and O–H groups in total. The van der Waals surface area contributed by atoms with Crippen LogP contribution in [0.25, 0.3) is 11.2 Å². The van der Waals surface area contributed by atoms with Crippen LogP contribution in [0.3, 0.4) is 0 Å². The molecule has 2 rings (SSSR count). The van der Waals surface area contributed by atoms with E-state index in [0.29, 0.717) is 18.0 Å². The molecule has 2 heterocycles. The van der Waals surface area contributed by atoms with E-state index in [2.05, 4.69) is 37.1 Å². The van der Waals surface area contributed by atoms with Gasteiger partial charge in [-0.25, -0.2) is 4.98 Å². The van der Waals surface area contributed by atoms with Gasteiger partial charge in [-0.2, -0.15) is 9.97 Å². The molecule has 15 heavy (non-hydrogen) atoms. The molecule has 2 aromatic rings. The van der Waals surface area contributed by atoms with Gasteiger partial charge >= 0.3 is 0 Å². The molecule has 0 aromatic carbocycles. The largest absolute Gasteiger partial charge is 0.368 e. The predicted molar refractivity (Wildman–Crippen MR) is 58.0 cm³/mol. The molecule has 0 spiro atoms. The Morgan fingerprint density at radius 2 is 2.40 bits per heavy atom. The van der Waals surface area contributed by atoms with Crippen molar-refractivity contribution in [2.45, 2.75) is 6.92 Å². The number of hydrogen-bond acceptors (Lipinski definition) is 5. The highest BCUT2D eigenvalue weighted by molar-refractivity contribution is 5.83. The molecule has 6 nitrogen and oxygen atoms in total. The van der Waals surface area contributed by atoms with Crippen LogP contribution < -0.4 is 11.1 Å². The average Bonchev–Trinajstić information content (AvgIpc) is 2.65. The highest BCUT2D eigenvalue weighted by atomic mass is 15.1. The number of aromatic nitrogens is 4. The number of H-pyrrole nitrogens is 1. The summed E-state index contributed by atoms with van der Waals surface area (Å²) in [4.78, 5) is 15.0. The van der Waals surface area contributed by atoms with Crippen molar-refractivity contribution in [1.82, 2.24) is 19.9 Å². The lowest BCUT2D eigenvalue weighted by atomic mass is 10.4. The molecule has 0 amide bonds. The number of anilines is 2. The van der Waals surface area contributed by atoms with E-state index >= 15 is 0 Å². The van der Waals surface area contributed by atoms with Gasteiger partial charge in [-0.15, -0.1) is 5.92 Å². The summed E-state index contributed by atoms with van der Waals surface area (Å²) in [5, 5.41) is 3.04. The Hall–Kier alpha value is -2.29. The fourth-order valence-electron chi connectivity index (χ4n) is 1.19. The van der Waals surface area contributed by atoms with Crippen LogP contribution in [-0.2, 0) is 0 Å². The van der Waals surface area contributed by atoms with Crippen LogP contribution in [-0.4, -0.2) is 26.5 Å². The van der Waals surface area contributed by atoms with Gasteiger partial charge in [0, 0.05) is 0 Å². The summed E-state index contributed by atoms with van der Waals surface area (Å²) in [6, 6.07) is 0. The summed E-state index contributed by atoms with van der Waals surface area (Å²) in [6.07, 6.45) is 1.55. The van der Waals surface area contributed by atoms with Crippen molar-refractivity contribution < 1.29 is 0 Å². The molecule has 0 unspecified atom stereocenters. The maximum absolute atomic E-state index is 5.54. The van der Waals surface area contributed by atoms with Crippen LogP contribution in [0, 0.1) is 11.8 Å². The topological polar surface area (TPSA) is 92.5 Å². The van der Waals surface area contributed by atoms with E-state index in [9.17, 15) is 0 Å². The van der Waals surface area contributed by atoms with Gasteiger partial charge in [-0.3, -0.25) is 0 Å². The Kier molecular flexibility index (Phi) is 2.37. The van der Waals surface area contributed by atoms with Gasteiger partial charge in [-0.05, 0) is 6.92 Å². The minimum atomic E-state index is 0.196. The normalized spacial score (nSPS) is 9.67. The van der Waals surface area contributed by atoms with Gasteiger partial charge in [0.1, 0.15) is 5.52 Å². The summed E-state index contributed by atoms with van der Waals surface area (Å²) in [5.41, 5.74) is 6.82. The first-order chi connectivity index (χ1) is 7.31. The van der Waals surface area contributed by atoms with E-state index in [1.54, 1.807) is 13.3 Å². The van der Waals surface area contributed by atoms with Crippen LogP contribution in [0.1, 0.15) is 6.92 Å². The Morgan fingerprint density at radius 1 is 1.53 bits per heavy atom. The quantitative estimate of drug-likeness (QED) is 0.612. The molecule has 2 aromatic heterocycles. The first-order valence-corrected chi connectivity index (χ1v) is 4.41. The van der Waals surface area contributed by atoms with Crippen molar-refractivity contribution in [2.24, 2.45) is 0 Å². The molecule has 0 saturated heterocycles. The van der Waals surface area contributed by atoms with Gasteiger partial charge in [0.25, 0.3) is 0 Å². The monoisotopic (exact) mass is 202 g/mol. The van der Waals surface area contributed by atoms with Gasteiger partial charge in [0.15, 0.2) is 11.5 Å². The molecular weight excluding hydrogens is 192 g/mol. The van der Waals surface area contributed by atoms with Crippen molar-refractivity contribution in [3.63, 3.8) is 0 Å². The van der Waals surface area contributed by atoms with Crippen molar-refractivity contribution in [2.75, 3.05) is 17.6 Å². The molecule has 0 aliphatic carbocycles. The number of nitrogens with zero attached hydrogens (tertiary/aromatic N) is 3. The van der Waals surface area contributed by atoms with E-state index in [0.717, 1.165) is 5.52 Å². The van der Waals surface area contributed by atoms with Gasteiger partial charge in [0.05, 0.1) is 12.9 Å². The number of rotatable bonds is 2. The summed E-state index contributed by atoms with van der Waals surface area (Å²) in [6.45, 7) is 2.29. The molecular formula is C9H10N6. The number of aromatic amines is 1. The number of imidazole rings is 1. The van der Waals surface area contributed by atoms with Crippen molar-refractivity contribution in [1.29, 1.82) is 0 Å². The minimum Gasteiger partial charge on any atom is -0.368 e. The molecule has 0 bridgehead atoms. The maximum Gasteiger partial charge on any atom is 0.224 e. The molecule has 0 radical (unpaired) electrons. The number of nitrogen functional groups attached to an aromatic ring is 1. The van der Waals surface area contributed by atoms with Gasteiger partial charge in [0.2, 0.25) is 5.95 Å². The summed E-state index contributed by atoms with van der Waals surface area (Å²) >= 11 is 0. The Balaban J connectivity index is 2.38. The number of fused-ring (bicyclic) bond motifs is 1. The van der Waals surface area contributed by atoms with Crippen LogP contribution in [0.5, 0.6) is 0 Å². The fraction of sp³-hybridized carbons (Fsp3) is 0.222. The van der Waals surface area contributed by atoms with Crippen molar-refractivity contribution in [3.05, 3.63) is 6.33 Å². The number of hydrogen-bond donors (Lipinski definition) is 3. The second kappa shape index (κ2) is 3.84. The van der Waals surface area contributed by atoms with Crippen molar-refractivity contribution in [3.8, 4) is 11.8 Å². The van der Waals surface area contributed by atoms with Crippen molar-refractivity contribution >= 4 is 22.9 Å².